The van der Waals surface area contributed by atoms with Gasteiger partial charge in [-0.05, 0) is 13.0 Å². The number of hydrogen-bond donors (Lipinski definition) is 2. The first kappa shape index (κ1) is 13.2. The molecule has 0 aliphatic heterocycles. The Morgan fingerprint density at radius 2 is 2.07 bits per heavy atom. The van der Waals surface area contributed by atoms with Crippen LogP contribution < -0.4 is 5.32 Å². The van der Waals surface area contributed by atoms with Gasteiger partial charge in [-0.3, -0.25) is 0 Å². The van der Waals surface area contributed by atoms with Gasteiger partial charge in [0.15, 0.2) is 6.10 Å². The molecule has 84 valence electrons. The van der Waals surface area contributed by atoms with Gasteiger partial charge < -0.3 is 15.2 Å². The van der Waals surface area contributed by atoms with Crippen molar-refractivity contribution in [1.29, 1.82) is 0 Å². The SMILES string of the molecule is CC(C)NCCC(OC(F)F)C(=O)O. The predicted octanol–water partition coefficient (Wildman–Crippen LogP) is 1.07. The van der Waals surface area contributed by atoms with Crippen LogP contribution in [0.25, 0.3) is 0 Å². The standard InChI is InChI=1S/C8H15F2NO3/c1-5(2)11-4-3-6(7(12)13)14-8(9)10/h5-6,8,11H,3-4H2,1-2H3,(H,12,13). The van der Waals surface area contributed by atoms with Crippen LogP contribution in [0, 0.1) is 0 Å². The fraction of sp³-hybridized carbons (Fsp3) is 0.875. The lowest BCUT2D eigenvalue weighted by Gasteiger charge is -2.14. The Bertz CT molecular complexity index is 176. The third kappa shape index (κ3) is 6.73. The maximum absolute atomic E-state index is 11.7. The maximum Gasteiger partial charge on any atom is 0.346 e. The summed E-state index contributed by atoms with van der Waals surface area (Å²) < 4.78 is 27.4. The molecule has 14 heavy (non-hydrogen) atoms. The molecular formula is C8H15F2NO3. The summed E-state index contributed by atoms with van der Waals surface area (Å²) in [7, 11) is 0. The molecule has 4 nitrogen and oxygen atoms in total. The van der Waals surface area contributed by atoms with Crippen LogP contribution in [-0.2, 0) is 9.53 Å². The molecule has 0 radical (unpaired) electrons. The molecule has 6 heteroatoms. The molecule has 0 aromatic carbocycles. The minimum Gasteiger partial charge on any atom is -0.479 e. The molecule has 0 fully saturated rings. The van der Waals surface area contributed by atoms with Gasteiger partial charge in [0, 0.05) is 6.04 Å². The van der Waals surface area contributed by atoms with Crippen molar-refractivity contribution in [2.75, 3.05) is 6.54 Å². The van der Waals surface area contributed by atoms with E-state index in [9.17, 15) is 13.6 Å². The van der Waals surface area contributed by atoms with Gasteiger partial charge in [-0.25, -0.2) is 4.79 Å². The summed E-state index contributed by atoms with van der Waals surface area (Å²) in [4.78, 5) is 10.4. The van der Waals surface area contributed by atoms with Gasteiger partial charge in [-0.2, -0.15) is 8.78 Å². The Morgan fingerprint density at radius 3 is 2.43 bits per heavy atom. The van der Waals surface area contributed by atoms with Crippen LogP contribution in [0.2, 0.25) is 0 Å². The van der Waals surface area contributed by atoms with Crippen molar-refractivity contribution in [2.45, 2.75) is 39.0 Å². The van der Waals surface area contributed by atoms with Gasteiger partial charge in [-0.1, -0.05) is 13.8 Å². The van der Waals surface area contributed by atoms with E-state index in [-0.39, 0.29) is 12.5 Å². The minimum absolute atomic E-state index is 0.0256. The highest BCUT2D eigenvalue weighted by atomic mass is 19.3. The van der Waals surface area contributed by atoms with Gasteiger partial charge in [0.2, 0.25) is 0 Å². The van der Waals surface area contributed by atoms with Gasteiger partial charge in [0.1, 0.15) is 0 Å². The molecule has 0 spiro atoms. The van der Waals surface area contributed by atoms with Crippen LogP contribution in [0.15, 0.2) is 0 Å². The fourth-order valence-corrected chi connectivity index (χ4v) is 0.877. The Labute approximate surface area is 81.2 Å². The van der Waals surface area contributed by atoms with Crippen LogP contribution in [-0.4, -0.2) is 36.4 Å². The number of aliphatic carboxylic acids is 1. The topological polar surface area (TPSA) is 58.6 Å². The molecule has 0 bridgehead atoms. The Morgan fingerprint density at radius 1 is 1.50 bits per heavy atom. The molecule has 0 amide bonds. The van der Waals surface area contributed by atoms with E-state index in [2.05, 4.69) is 10.1 Å². The summed E-state index contributed by atoms with van der Waals surface area (Å²) in [6.07, 6.45) is -1.42. The van der Waals surface area contributed by atoms with Crippen molar-refractivity contribution in [3.8, 4) is 0 Å². The highest BCUT2D eigenvalue weighted by molar-refractivity contribution is 5.72. The van der Waals surface area contributed by atoms with E-state index in [4.69, 9.17) is 5.11 Å². The third-order valence-electron chi connectivity index (χ3n) is 1.50. The lowest BCUT2D eigenvalue weighted by Crippen LogP contribution is -2.32. The molecular weight excluding hydrogens is 196 g/mol. The summed E-state index contributed by atoms with van der Waals surface area (Å²) in [6.45, 7) is 1.05. The molecule has 0 heterocycles. The van der Waals surface area contributed by atoms with Gasteiger partial charge in [0.25, 0.3) is 0 Å². The van der Waals surface area contributed by atoms with Crippen molar-refractivity contribution < 1.29 is 23.4 Å². The Balaban J connectivity index is 3.80. The highest BCUT2D eigenvalue weighted by Crippen LogP contribution is 2.05. The number of carboxylic acid groups (broad SMARTS) is 1. The molecule has 0 saturated heterocycles. The van der Waals surface area contributed by atoms with Gasteiger partial charge in [0.05, 0.1) is 0 Å². The number of halogens is 2. The predicted molar refractivity (Wildman–Crippen MR) is 46.3 cm³/mol. The van der Waals surface area contributed by atoms with E-state index in [1.54, 1.807) is 0 Å². The minimum atomic E-state index is -3.05. The highest BCUT2D eigenvalue weighted by Gasteiger charge is 2.21. The number of carboxylic acids is 1. The van der Waals surface area contributed by atoms with E-state index >= 15 is 0 Å². The number of hydrogen-bond acceptors (Lipinski definition) is 3. The fourth-order valence-electron chi connectivity index (χ4n) is 0.877. The first-order valence-electron chi connectivity index (χ1n) is 4.33. The molecule has 2 N–H and O–H groups in total. The second-order valence-electron chi connectivity index (χ2n) is 3.12. The lowest BCUT2D eigenvalue weighted by atomic mass is 10.2. The van der Waals surface area contributed by atoms with E-state index < -0.39 is 18.7 Å². The molecule has 0 saturated carbocycles. The smallest absolute Gasteiger partial charge is 0.346 e. The molecule has 1 unspecified atom stereocenters. The van der Waals surface area contributed by atoms with Crippen molar-refractivity contribution in [3.63, 3.8) is 0 Å². The van der Waals surface area contributed by atoms with E-state index in [1.165, 1.54) is 0 Å². The zero-order valence-electron chi connectivity index (χ0n) is 8.17. The Kier molecular flexibility index (Phi) is 6.31. The maximum atomic E-state index is 11.7. The summed E-state index contributed by atoms with van der Waals surface area (Å²) >= 11 is 0. The molecule has 0 aromatic rings. The second-order valence-corrected chi connectivity index (χ2v) is 3.12. The van der Waals surface area contributed by atoms with Crippen LogP contribution in [0.3, 0.4) is 0 Å². The molecule has 0 aromatic heterocycles. The average Bonchev–Trinajstić information content (AvgIpc) is 2.00. The summed E-state index contributed by atoms with van der Waals surface area (Å²) in [6, 6.07) is 0.191. The van der Waals surface area contributed by atoms with Crippen molar-refractivity contribution >= 4 is 5.97 Å². The average molecular weight is 211 g/mol. The van der Waals surface area contributed by atoms with E-state index in [1.807, 2.05) is 13.8 Å². The van der Waals surface area contributed by atoms with Crippen molar-refractivity contribution in [1.82, 2.24) is 5.32 Å². The second kappa shape index (κ2) is 6.67. The van der Waals surface area contributed by atoms with Crippen molar-refractivity contribution in [3.05, 3.63) is 0 Å². The van der Waals surface area contributed by atoms with Crippen molar-refractivity contribution in [2.24, 2.45) is 0 Å². The zero-order chi connectivity index (χ0) is 11.1. The van der Waals surface area contributed by atoms with E-state index in [0.717, 1.165) is 0 Å². The first-order valence-corrected chi connectivity index (χ1v) is 4.33. The van der Waals surface area contributed by atoms with Crippen LogP contribution in [0.1, 0.15) is 20.3 Å². The van der Waals surface area contributed by atoms with Crippen LogP contribution in [0.5, 0.6) is 0 Å². The number of rotatable bonds is 7. The monoisotopic (exact) mass is 211 g/mol. The van der Waals surface area contributed by atoms with Gasteiger partial charge in [-0.15, -0.1) is 0 Å². The largest absolute Gasteiger partial charge is 0.479 e. The normalized spacial score (nSPS) is 13.6. The zero-order valence-corrected chi connectivity index (χ0v) is 8.17. The number of ether oxygens (including phenoxy) is 1. The third-order valence-corrected chi connectivity index (χ3v) is 1.50. The molecule has 0 aliphatic rings. The molecule has 0 rings (SSSR count). The van der Waals surface area contributed by atoms with Crippen LogP contribution >= 0.6 is 0 Å². The Hall–Kier alpha value is -0.750. The summed E-state index contributed by atoms with van der Waals surface area (Å²) in [5.41, 5.74) is 0. The summed E-state index contributed by atoms with van der Waals surface area (Å²) in [5, 5.41) is 11.4. The van der Waals surface area contributed by atoms with E-state index in [0.29, 0.717) is 6.54 Å². The quantitative estimate of drug-likeness (QED) is 0.661. The first-order chi connectivity index (χ1) is 6.43. The number of alkyl halides is 2. The summed E-state index contributed by atoms with van der Waals surface area (Å²) in [5.74, 6) is -1.36. The number of carbonyl (C=O) groups is 1. The van der Waals surface area contributed by atoms with Crippen LogP contribution in [0.4, 0.5) is 8.78 Å². The molecule has 0 aliphatic carbocycles. The molecule has 1 atom stereocenters. The number of nitrogens with one attached hydrogen (secondary N) is 1. The lowest BCUT2D eigenvalue weighted by molar-refractivity contribution is -0.187. The van der Waals surface area contributed by atoms with Gasteiger partial charge >= 0.3 is 12.6 Å².